The normalized spacial score (nSPS) is 10.8. The van der Waals surface area contributed by atoms with Crippen LogP contribution in [0.1, 0.15) is 0 Å². The molecule has 1 aromatic heterocycles. The van der Waals surface area contributed by atoms with Crippen molar-refractivity contribution in [3.8, 4) is 5.69 Å². The highest BCUT2D eigenvalue weighted by atomic mass is 35.5. The molecule has 0 radical (unpaired) electrons. The molecule has 0 aliphatic heterocycles. The van der Waals surface area contributed by atoms with Crippen molar-refractivity contribution in [1.82, 2.24) is 9.31 Å². The lowest BCUT2D eigenvalue weighted by Gasteiger charge is -2.01. The van der Waals surface area contributed by atoms with Gasteiger partial charge in [-0.3, -0.25) is 0 Å². The van der Waals surface area contributed by atoms with Crippen LogP contribution in [0.3, 0.4) is 0 Å². The fourth-order valence-corrected chi connectivity index (χ4v) is 1.36. The van der Waals surface area contributed by atoms with Gasteiger partial charge in [0.15, 0.2) is 5.82 Å². The Balaban J connectivity index is 2.77. The first-order chi connectivity index (χ1) is 7.91. The van der Waals surface area contributed by atoms with Crippen LogP contribution in [0.2, 0.25) is 5.02 Å². The van der Waals surface area contributed by atoms with Gasteiger partial charge in [0, 0.05) is 13.1 Å². The van der Waals surface area contributed by atoms with Gasteiger partial charge in [-0.25, -0.2) is 22.9 Å². The SMILES string of the molecule is Cn1c(=O)on(-c2cc(F)c(Cl)cc2F)c1=O. The number of halogens is 3. The van der Waals surface area contributed by atoms with Gasteiger partial charge in [0.1, 0.15) is 11.5 Å². The van der Waals surface area contributed by atoms with E-state index >= 15 is 0 Å². The van der Waals surface area contributed by atoms with E-state index < -0.39 is 33.8 Å². The summed E-state index contributed by atoms with van der Waals surface area (Å²) in [6, 6.07) is 1.35. The molecule has 0 amide bonds. The molecule has 0 fully saturated rings. The highest BCUT2D eigenvalue weighted by Gasteiger charge is 2.16. The zero-order chi connectivity index (χ0) is 12.7. The van der Waals surface area contributed by atoms with Crippen LogP contribution in [-0.4, -0.2) is 9.31 Å². The van der Waals surface area contributed by atoms with Gasteiger partial charge < -0.3 is 4.52 Å². The minimum Gasteiger partial charge on any atom is -0.311 e. The third-order valence-electron chi connectivity index (χ3n) is 2.11. The van der Waals surface area contributed by atoms with E-state index in [1.807, 2.05) is 0 Å². The molecule has 0 N–H and O–H groups in total. The molecule has 5 nitrogen and oxygen atoms in total. The molecule has 1 heterocycles. The third-order valence-corrected chi connectivity index (χ3v) is 2.40. The second-order valence-electron chi connectivity index (χ2n) is 3.21. The number of benzene rings is 1. The largest absolute Gasteiger partial charge is 0.442 e. The van der Waals surface area contributed by atoms with Crippen LogP contribution in [0.5, 0.6) is 0 Å². The Hall–Kier alpha value is -1.89. The van der Waals surface area contributed by atoms with E-state index in [1.54, 1.807) is 0 Å². The molecule has 1 aromatic carbocycles. The summed E-state index contributed by atoms with van der Waals surface area (Å²) in [5, 5.41) is -0.433. The number of hydrogen-bond acceptors (Lipinski definition) is 3. The molecule has 2 rings (SSSR count). The molecule has 0 spiro atoms. The highest BCUT2D eigenvalue weighted by Crippen LogP contribution is 2.20. The fourth-order valence-electron chi connectivity index (χ4n) is 1.21. The highest BCUT2D eigenvalue weighted by molar-refractivity contribution is 6.30. The van der Waals surface area contributed by atoms with Gasteiger partial charge in [-0.15, -0.1) is 4.74 Å². The van der Waals surface area contributed by atoms with E-state index in [-0.39, 0.29) is 0 Å². The smallest absolute Gasteiger partial charge is 0.311 e. The molecule has 8 heteroatoms. The fraction of sp³-hybridized carbons (Fsp3) is 0.111. The van der Waals surface area contributed by atoms with Gasteiger partial charge in [-0.1, -0.05) is 11.6 Å². The maximum atomic E-state index is 13.5. The summed E-state index contributed by atoms with van der Waals surface area (Å²) in [6.45, 7) is 0. The van der Waals surface area contributed by atoms with Gasteiger partial charge in [-0.05, 0) is 6.07 Å². The zero-order valence-electron chi connectivity index (χ0n) is 8.41. The lowest BCUT2D eigenvalue weighted by molar-refractivity contribution is 0.306. The van der Waals surface area contributed by atoms with Crippen LogP contribution >= 0.6 is 11.6 Å². The maximum absolute atomic E-state index is 13.5. The summed E-state index contributed by atoms with van der Waals surface area (Å²) in [5.74, 6) is -2.89. The molecule has 90 valence electrons. The summed E-state index contributed by atoms with van der Waals surface area (Å²) < 4.78 is 32.0. The van der Waals surface area contributed by atoms with Crippen LogP contribution in [0, 0.1) is 11.6 Å². The van der Waals surface area contributed by atoms with Gasteiger partial charge in [-0.2, -0.15) is 0 Å². The van der Waals surface area contributed by atoms with E-state index in [4.69, 9.17) is 11.6 Å². The van der Waals surface area contributed by atoms with E-state index in [0.717, 1.165) is 7.05 Å². The molecule has 0 atom stereocenters. The predicted octanol–water partition coefficient (Wildman–Crippen LogP) is 1.06. The lowest BCUT2D eigenvalue weighted by Crippen LogP contribution is -2.25. The second-order valence-corrected chi connectivity index (χ2v) is 3.62. The first-order valence-electron chi connectivity index (χ1n) is 4.36. The molecule has 0 aliphatic carbocycles. The van der Waals surface area contributed by atoms with Crippen LogP contribution in [0.15, 0.2) is 26.2 Å². The molecular formula is C9H5ClF2N2O3. The predicted molar refractivity (Wildman–Crippen MR) is 54.5 cm³/mol. The summed E-state index contributed by atoms with van der Waals surface area (Å²) in [7, 11) is 1.15. The number of hydrogen-bond donors (Lipinski definition) is 0. The molecule has 2 aromatic rings. The minimum absolute atomic E-state index is 0.358. The van der Waals surface area contributed by atoms with Crippen LogP contribution in [-0.2, 0) is 7.05 Å². The summed E-state index contributed by atoms with van der Waals surface area (Å²) in [4.78, 5) is 22.5. The Morgan fingerprint density at radius 1 is 1.24 bits per heavy atom. The van der Waals surface area contributed by atoms with Crippen molar-refractivity contribution in [3.63, 3.8) is 0 Å². The van der Waals surface area contributed by atoms with Crippen LogP contribution in [0.25, 0.3) is 5.69 Å². The van der Waals surface area contributed by atoms with Gasteiger partial charge in [0.2, 0.25) is 0 Å². The lowest BCUT2D eigenvalue weighted by atomic mass is 10.3. The third kappa shape index (κ3) is 1.78. The maximum Gasteiger partial charge on any atom is 0.442 e. The Bertz CT molecular complexity index is 701. The summed E-state index contributed by atoms with van der Waals surface area (Å²) in [6.07, 6.45) is 0. The van der Waals surface area contributed by atoms with E-state index in [2.05, 4.69) is 4.52 Å². The second kappa shape index (κ2) is 3.85. The molecular weight excluding hydrogens is 258 g/mol. The van der Waals surface area contributed by atoms with Crippen LogP contribution < -0.4 is 11.4 Å². The Labute approximate surface area is 97.4 Å². The molecule has 0 saturated heterocycles. The first-order valence-corrected chi connectivity index (χ1v) is 4.74. The summed E-state index contributed by atoms with van der Waals surface area (Å²) >= 11 is 5.35. The Morgan fingerprint density at radius 3 is 2.41 bits per heavy atom. The number of nitrogens with zero attached hydrogens (tertiary/aromatic N) is 2. The number of aromatic nitrogens is 2. The van der Waals surface area contributed by atoms with E-state index in [1.165, 1.54) is 0 Å². The molecule has 0 aliphatic rings. The quantitative estimate of drug-likeness (QED) is 0.722. The van der Waals surface area contributed by atoms with Gasteiger partial charge in [0.25, 0.3) is 0 Å². The van der Waals surface area contributed by atoms with Crippen molar-refractivity contribution in [3.05, 3.63) is 49.8 Å². The van der Waals surface area contributed by atoms with E-state index in [9.17, 15) is 18.4 Å². The summed E-state index contributed by atoms with van der Waals surface area (Å²) in [5.41, 5.74) is -1.44. The molecule has 0 bridgehead atoms. The van der Waals surface area contributed by atoms with Crippen molar-refractivity contribution in [2.24, 2.45) is 7.05 Å². The molecule has 17 heavy (non-hydrogen) atoms. The van der Waals surface area contributed by atoms with Crippen molar-refractivity contribution in [1.29, 1.82) is 0 Å². The van der Waals surface area contributed by atoms with Crippen molar-refractivity contribution < 1.29 is 13.3 Å². The number of rotatable bonds is 1. The van der Waals surface area contributed by atoms with Crippen molar-refractivity contribution in [2.75, 3.05) is 0 Å². The van der Waals surface area contributed by atoms with Gasteiger partial charge in [0.05, 0.1) is 5.02 Å². The monoisotopic (exact) mass is 262 g/mol. The van der Waals surface area contributed by atoms with Crippen molar-refractivity contribution >= 4 is 11.6 Å². The minimum atomic E-state index is -0.982. The zero-order valence-corrected chi connectivity index (χ0v) is 9.16. The topological polar surface area (TPSA) is 57.1 Å². The standard InChI is InChI=1S/C9H5ClF2N2O3/c1-13-8(15)14(17-9(13)16)7-3-5(11)4(10)2-6(7)12/h2-3H,1H3. The molecule has 0 saturated carbocycles. The van der Waals surface area contributed by atoms with Crippen molar-refractivity contribution in [2.45, 2.75) is 0 Å². The Kier molecular flexibility index (Phi) is 2.62. The van der Waals surface area contributed by atoms with E-state index in [0.29, 0.717) is 21.4 Å². The average molecular weight is 263 g/mol. The average Bonchev–Trinajstić information content (AvgIpc) is 2.51. The van der Waals surface area contributed by atoms with Gasteiger partial charge >= 0.3 is 11.4 Å². The van der Waals surface area contributed by atoms with Crippen LogP contribution in [0.4, 0.5) is 8.78 Å². The molecule has 0 unspecified atom stereocenters. The Morgan fingerprint density at radius 2 is 1.88 bits per heavy atom. The first kappa shape index (κ1) is 11.6.